The summed E-state index contributed by atoms with van der Waals surface area (Å²) in [7, 11) is 0. The van der Waals surface area contributed by atoms with E-state index in [0.29, 0.717) is 13.1 Å². The number of carbonyl (C=O) groups is 1. The van der Waals surface area contributed by atoms with Gasteiger partial charge in [-0.3, -0.25) is 19.1 Å². The zero-order chi connectivity index (χ0) is 19.1. The maximum atomic E-state index is 12.5. The van der Waals surface area contributed by atoms with Crippen LogP contribution in [0.4, 0.5) is 0 Å². The minimum atomic E-state index is -0.0282. The Balaban J connectivity index is 1.64. The molecule has 140 valence electrons. The zero-order valence-electron chi connectivity index (χ0n) is 16.0. The number of fused-ring (bicyclic) bond motifs is 2. The summed E-state index contributed by atoms with van der Waals surface area (Å²) in [6.45, 7) is 7.77. The molecule has 4 rings (SSSR count). The number of nitrogens with zero attached hydrogens (tertiary/aromatic N) is 3. The number of aromatic nitrogens is 3. The van der Waals surface area contributed by atoms with Crippen LogP contribution in [0.25, 0.3) is 10.9 Å². The summed E-state index contributed by atoms with van der Waals surface area (Å²) >= 11 is 0. The van der Waals surface area contributed by atoms with E-state index in [4.69, 9.17) is 0 Å². The van der Waals surface area contributed by atoms with Crippen molar-refractivity contribution in [2.75, 3.05) is 6.54 Å². The summed E-state index contributed by atoms with van der Waals surface area (Å²) in [5.41, 5.74) is 3.69. The number of hydrogen-bond acceptors (Lipinski definition) is 4. The molecule has 3 aromatic rings. The Bertz CT molecular complexity index is 1080. The van der Waals surface area contributed by atoms with Gasteiger partial charge in [-0.25, -0.2) is 4.98 Å². The van der Waals surface area contributed by atoms with Gasteiger partial charge in [-0.2, -0.15) is 0 Å². The number of hydrogen-bond donors (Lipinski definition) is 1. The normalized spacial score (nSPS) is 14.7. The van der Waals surface area contributed by atoms with Gasteiger partial charge in [-0.1, -0.05) is 32.0 Å². The highest BCUT2D eigenvalue weighted by Crippen LogP contribution is 2.25. The van der Waals surface area contributed by atoms with Crippen LogP contribution < -0.4 is 5.56 Å². The Hall–Kier alpha value is -2.73. The molecule has 1 N–H and O–H groups in total. The molecule has 1 aliphatic rings. The van der Waals surface area contributed by atoms with Gasteiger partial charge < -0.3 is 4.98 Å². The Morgan fingerprint density at radius 1 is 1.30 bits per heavy atom. The first-order chi connectivity index (χ1) is 12.9. The lowest BCUT2D eigenvalue weighted by atomic mass is 10.0. The Kier molecular flexibility index (Phi) is 4.44. The van der Waals surface area contributed by atoms with E-state index in [1.165, 1.54) is 0 Å². The SMILES string of the molecule is CC(=O)n1cc(CN2CCc3nc(C(C)C)[nH]c(=O)c3C2)c2ccccc21. The third-order valence-electron chi connectivity index (χ3n) is 5.24. The average molecular weight is 364 g/mol. The number of carbonyl (C=O) groups excluding carboxylic acids is 1. The van der Waals surface area contributed by atoms with Crippen molar-refractivity contribution in [1.82, 2.24) is 19.4 Å². The van der Waals surface area contributed by atoms with E-state index in [1.54, 1.807) is 11.5 Å². The molecule has 2 aromatic heterocycles. The molecule has 0 saturated carbocycles. The fourth-order valence-corrected chi connectivity index (χ4v) is 3.79. The fourth-order valence-electron chi connectivity index (χ4n) is 3.79. The van der Waals surface area contributed by atoms with Crippen molar-refractivity contribution in [3.63, 3.8) is 0 Å². The molecule has 0 fully saturated rings. The second-order valence-electron chi connectivity index (χ2n) is 7.55. The summed E-state index contributed by atoms with van der Waals surface area (Å²) in [5.74, 6) is 0.971. The first-order valence-electron chi connectivity index (χ1n) is 9.38. The third kappa shape index (κ3) is 3.21. The van der Waals surface area contributed by atoms with E-state index in [0.717, 1.165) is 46.5 Å². The second kappa shape index (κ2) is 6.78. The lowest BCUT2D eigenvalue weighted by Crippen LogP contribution is -2.35. The largest absolute Gasteiger partial charge is 0.310 e. The van der Waals surface area contributed by atoms with Gasteiger partial charge in [0.1, 0.15) is 5.82 Å². The van der Waals surface area contributed by atoms with Crippen LogP contribution in [0.1, 0.15) is 54.1 Å². The van der Waals surface area contributed by atoms with Crippen molar-refractivity contribution in [1.29, 1.82) is 0 Å². The van der Waals surface area contributed by atoms with Crippen LogP contribution in [0.15, 0.2) is 35.3 Å². The number of nitrogens with one attached hydrogen (secondary N) is 1. The van der Waals surface area contributed by atoms with Gasteiger partial charge in [-0.15, -0.1) is 0 Å². The number of aromatic amines is 1. The minimum Gasteiger partial charge on any atom is -0.310 e. The van der Waals surface area contributed by atoms with Gasteiger partial charge in [0.25, 0.3) is 5.56 Å². The highest BCUT2D eigenvalue weighted by Gasteiger charge is 2.23. The van der Waals surface area contributed by atoms with E-state index < -0.39 is 0 Å². The van der Waals surface area contributed by atoms with Gasteiger partial charge in [0, 0.05) is 50.5 Å². The molecule has 0 amide bonds. The highest BCUT2D eigenvalue weighted by atomic mass is 16.1. The van der Waals surface area contributed by atoms with Gasteiger partial charge in [0.05, 0.1) is 16.8 Å². The van der Waals surface area contributed by atoms with E-state index in [2.05, 4.69) is 14.9 Å². The van der Waals surface area contributed by atoms with Gasteiger partial charge in [-0.05, 0) is 11.6 Å². The average Bonchev–Trinajstić information content (AvgIpc) is 3.01. The van der Waals surface area contributed by atoms with Crippen molar-refractivity contribution >= 4 is 16.8 Å². The smallest absolute Gasteiger partial charge is 0.255 e. The van der Waals surface area contributed by atoms with E-state index in [1.807, 2.05) is 44.3 Å². The predicted octanol–water partition coefficient (Wildman–Crippen LogP) is 3.07. The highest BCUT2D eigenvalue weighted by molar-refractivity contribution is 5.93. The summed E-state index contributed by atoms with van der Waals surface area (Å²) in [6, 6.07) is 7.95. The number of benzene rings is 1. The number of H-pyrrole nitrogens is 1. The molecule has 6 nitrogen and oxygen atoms in total. The molecule has 1 aliphatic heterocycles. The van der Waals surface area contributed by atoms with E-state index >= 15 is 0 Å². The molecule has 0 spiro atoms. The monoisotopic (exact) mass is 364 g/mol. The summed E-state index contributed by atoms with van der Waals surface area (Å²) in [4.78, 5) is 34.3. The lowest BCUT2D eigenvalue weighted by Gasteiger charge is -2.27. The molecule has 27 heavy (non-hydrogen) atoms. The number of rotatable bonds is 3. The molecule has 0 atom stereocenters. The zero-order valence-corrected chi connectivity index (χ0v) is 16.0. The van der Waals surface area contributed by atoms with Gasteiger partial charge in [0.2, 0.25) is 5.91 Å². The second-order valence-corrected chi connectivity index (χ2v) is 7.55. The van der Waals surface area contributed by atoms with E-state index in [9.17, 15) is 9.59 Å². The van der Waals surface area contributed by atoms with Crippen LogP contribution in [0, 0.1) is 0 Å². The van der Waals surface area contributed by atoms with Crippen molar-refractivity contribution in [2.45, 2.75) is 46.2 Å². The molecule has 0 radical (unpaired) electrons. The molecular formula is C21H24N4O2. The summed E-state index contributed by atoms with van der Waals surface area (Å²) in [5, 5.41) is 1.08. The van der Waals surface area contributed by atoms with Crippen LogP contribution in [0.3, 0.4) is 0 Å². The van der Waals surface area contributed by atoms with Crippen molar-refractivity contribution < 1.29 is 4.79 Å². The first-order valence-corrected chi connectivity index (χ1v) is 9.38. The van der Waals surface area contributed by atoms with Gasteiger partial charge in [0.15, 0.2) is 0 Å². The van der Waals surface area contributed by atoms with Crippen molar-refractivity contribution in [3.8, 4) is 0 Å². The van der Waals surface area contributed by atoms with Crippen molar-refractivity contribution in [2.24, 2.45) is 0 Å². The molecule has 3 heterocycles. The molecule has 0 aliphatic carbocycles. The number of para-hydroxylation sites is 1. The standard InChI is InChI=1S/C21H24N4O2/c1-13(2)20-22-18-8-9-24(12-17(18)21(27)23-20)10-15-11-25(14(3)26)19-7-5-4-6-16(15)19/h4-7,11,13H,8-10,12H2,1-3H3,(H,22,23,27). The summed E-state index contributed by atoms with van der Waals surface area (Å²) < 4.78 is 1.70. The first kappa shape index (κ1) is 17.7. The Morgan fingerprint density at radius 3 is 2.81 bits per heavy atom. The Labute approximate surface area is 157 Å². The van der Waals surface area contributed by atoms with E-state index in [-0.39, 0.29) is 17.4 Å². The maximum absolute atomic E-state index is 12.5. The predicted molar refractivity (Wildman–Crippen MR) is 105 cm³/mol. The van der Waals surface area contributed by atoms with Crippen LogP contribution in [-0.4, -0.2) is 31.9 Å². The lowest BCUT2D eigenvalue weighted by molar-refractivity contribution is 0.0941. The molecule has 0 saturated heterocycles. The van der Waals surface area contributed by atoms with Crippen LogP contribution in [0.2, 0.25) is 0 Å². The molecule has 0 unspecified atom stereocenters. The Morgan fingerprint density at radius 2 is 2.07 bits per heavy atom. The quantitative estimate of drug-likeness (QED) is 0.775. The third-order valence-corrected chi connectivity index (χ3v) is 5.24. The van der Waals surface area contributed by atoms with Crippen LogP contribution in [0.5, 0.6) is 0 Å². The minimum absolute atomic E-state index is 0.00305. The molecular weight excluding hydrogens is 340 g/mol. The fraction of sp³-hybridized carbons (Fsp3) is 0.381. The van der Waals surface area contributed by atoms with Crippen LogP contribution in [-0.2, 0) is 19.5 Å². The molecule has 1 aromatic carbocycles. The molecule has 6 heteroatoms. The van der Waals surface area contributed by atoms with Crippen molar-refractivity contribution in [3.05, 3.63) is 63.5 Å². The summed E-state index contributed by atoms with van der Waals surface area (Å²) in [6.07, 6.45) is 2.69. The maximum Gasteiger partial charge on any atom is 0.255 e. The topological polar surface area (TPSA) is 71.0 Å². The van der Waals surface area contributed by atoms with Crippen LogP contribution >= 0.6 is 0 Å². The molecule has 0 bridgehead atoms. The van der Waals surface area contributed by atoms with Gasteiger partial charge >= 0.3 is 0 Å².